The van der Waals surface area contributed by atoms with Crippen molar-refractivity contribution < 1.29 is 9.53 Å². The van der Waals surface area contributed by atoms with Crippen molar-refractivity contribution >= 4 is 12.0 Å². The number of piperidine rings is 1. The fourth-order valence-corrected chi connectivity index (χ4v) is 3.22. The van der Waals surface area contributed by atoms with Gasteiger partial charge in [0.15, 0.2) is 0 Å². The molecule has 118 valence electrons. The summed E-state index contributed by atoms with van der Waals surface area (Å²) >= 11 is 0. The Bertz CT molecular complexity index is 560. The van der Waals surface area contributed by atoms with Gasteiger partial charge in [0, 0.05) is 18.7 Å². The number of carbonyl (C=O) groups is 1. The monoisotopic (exact) mass is 300 g/mol. The first-order chi connectivity index (χ1) is 10.8. The van der Waals surface area contributed by atoms with Gasteiger partial charge in [0.1, 0.15) is 12.4 Å². The second kappa shape index (κ2) is 6.97. The predicted molar refractivity (Wildman–Crippen MR) is 87.8 cm³/mol. The minimum Gasteiger partial charge on any atom is -0.488 e. The number of amides is 1. The third kappa shape index (κ3) is 3.33. The summed E-state index contributed by atoms with van der Waals surface area (Å²) in [6, 6.07) is 7.86. The van der Waals surface area contributed by atoms with Crippen LogP contribution in [0.3, 0.4) is 0 Å². The van der Waals surface area contributed by atoms with E-state index < -0.39 is 0 Å². The minimum atomic E-state index is 0.140. The van der Waals surface area contributed by atoms with E-state index in [1.807, 2.05) is 42.3 Å². The molecule has 1 N–H and O–H groups in total. The largest absolute Gasteiger partial charge is 0.488 e. The Kier molecular flexibility index (Phi) is 4.78. The van der Waals surface area contributed by atoms with Crippen LogP contribution in [0.4, 0.5) is 0 Å². The van der Waals surface area contributed by atoms with Crippen molar-refractivity contribution in [3.05, 3.63) is 35.4 Å². The predicted octanol–water partition coefficient (Wildman–Crippen LogP) is 2.31. The van der Waals surface area contributed by atoms with Gasteiger partial charge in [-0.2, -0.15) is 0 Å². The number of carbonyl (C=O) groups excluding carboxylic acids is 1. The number of nitrogens with zero attached hydrogens (tertiary/aromatic N) is 1. The molecule has 0 saturated carbocycles. The lowest BCUT2D eigenvalue weighted by Gasteiger charge is -2.33. The molecule has 0 atom stereocenters. The zero-order valence-electron chi connectivity index (χ0n) is 13.2. The lowest BCUT2D eigenvalue weighted by Crippen LogP contribution is -2.40. The Morgan fingerprint density at radius 3 is 2.86 bits per heavy atom. The molecule has 1 amide bonds. The molecule has 0 bridgehead atoms. The lowest BCUT2D eigenvalue weighted by atomic mass is 9.93. The standard InChI is InChI=1S/C18H24N2O2/c1-19-9-6-14-7-10-20(11-8-14)18(21)16-12-15-4-2-3-5-17(15)22-13-16/h2-5,12,14,19H,6-11,13H2,1H3. The second-order valence-corrected chi connectivity index (χ2v) is 6.12. The highest BCUT2D eigenvalue weighted by molar-refractivity contribution is 5.99. The summed E-state index contributed by atoms with van der Waals surface area (Å²) in [4.78, 5) is 14.6. The van der Waals surface area contributed by atoms with Crippen molar-refractivity contribution in [2.45, 2.75) is 19.3 Å². The van der Waals surface area contributed by atoms with Crippen LogP contribution in [0, 0.1) is 5.92 Å². The van der Waals surface area contributed by atoms with Crippen molar-refractivity contribution in [1.82, 2.24) is 10.2 Å². The smallest absolute Gasteiger partial charge is 0.253 e. The molecule has 2 heterocycles. The number of ether oxygens (including phenoxy) is 1. The van der Waals surface area contributed by atoms with Gasteiger partial charge in [-0.3, -0.25) is 4.79 Å². The first kappa shape index (κ1) is 15.1. The number of hydrogen-bond acceptors (Lipinski definition) is 3. The average Bonchev–Trinajstić information content (AvgIpc) is 2.59. The van der Waals surface area contributed by atoms with Gasteiger partial charge in [-0.05, 0) is 50.9 Å². The quantitative estimate of drug-likeness (QED) is 0.928. The number of likely N-dealkylation sites (tertiary alicyclic amines) is 1. The zero-order chi connectivity index (χ0) is 15.4. The summed E-state index contributed by atoms with van der Waals surface area (Å²) < 4.78 is 5.70. The van der Waals surface area contributed by atoms with E-state index in [-0.39, 0.29) is 5.91 Å². The van der Waals surface area contributed by atoms with Crippen molar-refractivity contribution in [3.63, 3.8) is 0 Å². The van der Waals surface area contributed by atoms with Crippen LogP contribution in [0.5, 0.6) is 5.75 Å². The van der Waals surface area contributed by atoms with Crippen LogP contribution in [0.2, 0.25) is 0 Å². The van der Waals surface area contributed by atoms with E-state index in [4.69, 9.17) is 4.74 Å². The van der Waals surface area contributed by atoms with Gasteiger partial charge in [-0.25, -0.2) is 0 Å². The maximum absolute atomic E-state index is 12.6. The van der Waals surface area contributed by atoms with Crippen molar-refractivity contribution in [2.24, 2.45) is 5.92 Å². The Morgan fingerprint density at radius 1 is 1.32 bits per heavy atom. The van der Waals surface area contributed by atoms with Crippen LogP contribution in [-0.4, -0.2) is 44.1 Å². The van der Waals surface area contributed by atoms with Crippen molar-refractivity contribution in [3.8, 4) is 5.75 Å². The van der Waals surface area contributed by atoms with Crippen LogP contribution >= 0.6 is 0 Å². The van der Waals surface area contributed by atoms with Gasteiger partial charge in [0.2, 0.25) is 0 Å². The molecular formula is C18H24N2O2. The highest BCUT2D eigenvalue weighted by atomic mass is 16.5. The van der Waals surface area contributed by atoms with Crippen LogP contribution in [0.15, 0.2) is 29.8 Å². The molecule has 4 nitrogen and oxygen atoms in total. The summed E-state index contributed by atoms with van der Waals surface area (Å²) in [7, 11) is 1.99. The maximum atomic E-state index is 12.6. The van der Waals surface area contributed by atoms with E-state index >= 15 is 0 Å². The van der Waals surface area contributed by atoms with E-state index in [1.165, 1.54) is 6.42 Å². The SMILES string of the molecule is CNCCC1CCN(C(=O)C2=Cc3ccccc3OC2)CC1. The normalized spacial score (nSPS) is 18.4. The van der Waals surface area contributed by atoms with Crippen LogP contribution in [-0.2, 0) is 4.79 Å². The molecule has 0 radical (unpaired) electrons. The molecule has 0 spiro atoms. The Labute approximate surface area is 132 Å². The Morgan fingerprint density at radius 2 is 2.09 bits per heavy atom. The Hall–Kier alpha value is -1.81. The molecule has 1 aromatic carbocycles. The van der Waals surface area contributed by atoms with Crippen LogP contribution < -0.4 is 10.1 Å². The topological polar surface area (TPSA) is 41.6 Å². The van der Waals surface area contributed by atoms with Crippen molar-refractivity contribution in [1.29, 1.82) is 0 Å². The third-order valence-corrected chi connectivity index (χ3v) is 4.61. The lowest BCUT2D eigenvalue weighted by molar-refractivity contribution is -0.128. The van der Waals surface area contributed by atoms with Gasteiger partial charge >= 0.3 is 0 Å². The van der Waals surface area contributed by atoms with E-state index in [0.29, 0.717) is 6.61 Å². The van der Waals surface area contributed by atoms with Crippen LogP contribution in [0.25, 0.3) is 6.08 Å². The van der Waals surface area contributed by atoms with Crippen LogP contribution in [0.1, 0.15) is 24.8 Å². The highest BCUT2D eigenvalue weighted by Gasteiger charge is 2.26. The fraction of sp³-hybridized carbons (Fsp3) is 0.500. The molecule has 4 heteroatoms. The second-order valence-electron chi connectivity index (χ2n) is 6.12. The van der Waals surface area contributed by atoms with E-state index in [9.17, 15) is 4.79 Å². The summed E-state index contributed by atoms with van der Waals surface area (Å²) in [5.41, 5.74) is 1.77. The van der Waals surface area contributed by atoms with E-state index in [1.54, 1.807) is 0 Å². The number of hydrogen-bond donors (Lipinski definition) is 1. The number of para-hydroxylation sites is 1. The first-order valence-corrected chi connectivity index (χ1v) is 8.14. The highest BCUT2D eigenvalue weighted by Crippen LogP contribution is 2.27. The molecule has 1 aromatic rings. The van der Waals surface area contributed by atoms with Gasteiger partial charge in [0.05, 0.1) is 5.57 Å². The molecule has 0 aliphatic carbocycles. The number of benzene rings is 1. The number of fused-ring (bicyclic) bond motifs is 1. The summed E-state index contributed by atoms with van der Waals surface area (Å²) in [5, 5.41) is 3.20. The van der Waals surface area contributed by atoms with E-state index in [0.717, 1.165) is 55.3 Å². The molecule has 3 rings (SSSR count). The molecule has 1 fully saturated rings. The number of rotatable bonds is 4. The van der Waals surface area contributed by atoms with Gasteiger partial charge < -0.3 is 15.0 Å². The fourth-order valence-electron chi connectivity index (χ4n) is 3.22. The molecule has 2 aliphatic rings. The van der Waals surface area contributed by atoms with Gasteiger partial charge in [0.25, 0.3) is 5.91 Å². The molecule has 0 unspecified atom stereocenters. The van der Waals surface area contributed by atoms with Gasteiger partial charge in [-0.1, -0.05) is 18.2 Å². The minimum absolute atomic E-state index is 0.140. The third-order valence-electron chi connectivity index (χ3n) is 4.61. The van der Waals surface area contributed by atoms with E-state index in [2.05, 4.69) is 5.32 Å². The molecule has 2 aliphatic heterocycles. The maximum Gasteiger partial charge on any atom is 0.253 e. The zero-order valence-corrected chi connectivity index (χ0v) is 13.2. The van der Waals surface area contributed by atoms with Gasteiger partial charge in [-0.15, -0.1) is 0 Å². The number of nitrogens with one attached hydrogen (secondary N) is 1. The molecule has 1 saturated heterocycles. The summed E-state index contributed by atoms with van der Waals surface area (Å²) in [6.45, 7) is 3.18. The van der Waals surface area contributed by atoms with Crippen molar-refractivity contribution in [2.75, 3.05) is 33.3 Å². The molecule has 22 heavy (non-hydrogen) atoms. The average molecular weight is 300 g/mol. The molecule has 0 aromatic heterocycles. The molecular weight excluding hydrogens is 276 g/mol. The first-order valence-electron chi connectivity index (χ1n) is 8.14. The summed E-state index contributed by atoms with van der Waals surface area (Å²) in [6.07, 6.45) is 5.41. The Balaban J connectivity index is 1.60. The summed E-state index contributed by atoms with van der Waals surface area (Å²) in [5.74, 6) is 1.75.